The van der Waals surface area contributed by atoms with Crippen LogP contribution in [-0.4, -0.2) is 63.8 Å². The molecule has 4 aromatic rings. The topological polar surface area (TPSA) is 101 Å². The summed E-state index contributed by atoms with van der Waals surface area (Å²) in [4.78, 5) is 13.3. The van der Waals surface area contributed by atoms with E-state index in [4.69, 9.17) is 21.8 Å². The van der Waals surface area contributed by atoms with Gasteiger partial charge in [-0.3, -0.25) is 4.90 Å². The summed E-state index contributed by atoms with van der Waals surface area (Å²) in [6, 6.07) is 10.1. The summed E-state index contributed by atoms with van der Waals surface area (Å²) in [6.07, 6.45) is 1.57. The van der Waals surface area contributed by atoms with Crippen molar-refractivity contribution in [2.45, 2.75) is 0 Å². The van der Waals surface area contributed by atoms with Gasteiger partial charge in [0.2, 0.25) is 5.82 Å². The maximum absolute atomic E-state index is 14.2. The van der Waals surface area contributed by atoms with Crippen LogP contribution in [0.1, 0.15) is 0 Å². The van der Waals surface area contributed by atoms with E-state index < -0.39 is 0 Å². The first-order valence-corrected chi connectivity index (χ1v) is 10.7. The molecule has 4 heterocycles. The number of nitrogens with zero attached hydrogens (tertiary/aromatic N) is 6. The van der Waals surface area contributed by atoms with Gasteiger partial charge in [-0.1, -0.05) is 11.6 Å². The number of halogens is 2. The lowest BCUT2D eigenvalue weighted by molar-refractivity contribution is 0.266. The second kappa shape index (κ2) is 8.64. The third-order valence-corrected chi connectivity index (χ3v) is 5.67. The molecule has 1 saturated heterocycles. The first kappa shape index (κ1) is 20.5. The number of rotatable bonds is 6. The Morgan fingerprint density at radius 1 is 1.12 bits per heavy atom. The third-order valence-electron chi connectivity index (χ3n) is 5.44. The highest BCUT2D eigenvalue weighted by molar-refractivity contribution is 6.30. The smallest absolute Gasteiger partial charge is 0.256 e. The quantitative estimate of drug-likeness (QED) is 0.456. The molecule has 5 rings (SSSR count). The van der Waals surface area contributed by atoms with Crippen LogP contribution in [0.25, 0.3) is 17.4 Å². The van der Waals surface area contributed by atoms with Crippen molar-refractivity contribution in [3.63, 3.8) is 0 Å². The molecule has 0 bridgehead atoms. The van der Waals surface area contributed by atoms with Crippen LogP contribution >= 0.6 is 11.6 Å². The van der Waals surface area contributed by atoms with E-state index >= 15 is 0 Å². The van der Waals surface area contributed by atoms with E-state index in [1.165, 1.54) is 10.6 Å². The van der Waals surface area contributed by atoms with E-state index in [0.29, 0.717) is 46.3 Å². The number of benzene rings is 1. The molecule has 0 radical (unpaired) electrons. The predicted octanol–water partition coefficient (Wildman–Crippen LogP) is 2.99. The molecule has 1 fully saturated rings. The Hall–Kier alpha value is -3.37. The Morgan fingerprint density at radius 3 is 2.72 bits per heavy atom. The van der Waals surface area contributed by atoms with Gasteiger partial charge in [-0.15, -0.1) is 5.10 Å². The van der Waals surface area contributed by atoms with E-state index in [0.717, 1.165) is 32.7 Å². The van der Waals surface area contributed by atoms with Gasteiger partial charge in [-0.25, -0.2) is 4.39 Å². The van der Waals surface area contributed by atoms with E-state index in [-0.39, 0.29) is 5.82 Å². The largest absolute Gasteiger partial charge is 0.461 e. The molecule has 1 aliphatic rings. The minimum atomic E-state index is -0.282. The van der Waals surface area contributed by atoms with Crippen molar-refractivity contribution in [2.24, 2.45) is 0 Å². The molecule has 9 nitrogen and oxygen atoms in total. The predicted molar refractivity (Wildman–Crippen MR) is 121 cm³/mol. The molecule has 32 heavy (non-hydrogen) atoms. The number of hydrogen-bond donors (Lipinski definition) is 2. The zero-order valence-electron chi connectivity index (χ0n) is 17.2. The van der Waals surface area contributed by atoms with Crippen molar-refractivity contribution in [2.75, 3.05) is 55.2 Å². The van der Waals surface area contributed by atoms with Crippen LogP contribution in [0.15, 0.2) is 47.1 Å². The van der Waals surface area contributed by atoms with Crippen LogP contribution < -0.4 is 16.0 Å². The SMILES string of the molecule is Nc1cc(NCCN2CCN(c3ccc(Cl)cc3F)CC2)nc2nc(-c3ccco3)nn12. The van der Waals surface area contributed by atoms with Gasteiger partial charge in [0.25, 0.3) is 5.78 Å². The van der Waals surface area contributed by atoms with Gasteiger partial charge in [-0.2, -0.15) is 14.5 Å². The molecule has 0 aliphatic carbocycles. The molecule has 0 atom stereocenters. The zero-order valence-corrected chi connectivity index (χ0v) is 18.0. The number of nitrogen functional groups attached to an aromatic ring is 1. The van der Waals surface area contributed by atoms with Crippen LogP contribution in [-0.2, 0) is 0 Å². The maximum atomic E-state index is 14.2. The normalized spacial score (nSPS) is 14.9. The molecular weight excluding hydrogens is 435 g/mol. The highest BCUT2D eigenvalue weighted by Crippen LogP contribution is 2.24. The van der Waals surface area contributed by atoms with Gasteiger partial charge >= 0.3 is 0 Å². The molecule has 3 N–H and O–H groups in total. The number of nitrogens with one attached hydrogen (secondary N) is 1. The molecule has 1 aliphatic heterocycles. The fourth-order valence-electron chi connectivity index (χ4n) is 3.78. The Balaban J connectivity index is 1.16. The molecule has 1 aromatic carbocycles. The van der Waals surface area contributed by atoms with Gasteiger partial charge in [-0.05, 0) is 30.3 Å². The Labute approximate surface area is 188 Å². The van der Waals surface area contributed by atoms with Crippen molar-refractivity contribution in [3.8, 4) is 11.6 Å². The number of nitrogens with two attached hydrogens (primary N) is 1. The Morgan fingerprint density at radius 2 is 1.97 bits per heavy atom. The van der Waals surface area contributed by atoms with Crippen LogP contribution in [0, 0.1) is 5.82 Å². The Kier molecular flexibility index (Phi) is 5.54. The van der Waals surface area contributed by atoms with Crippen LogP contribution in [0.4, 0.5) is 21.7 Å². The number of furan rings is 1. The van der Waals surface area contributed by atoms with Gasteiger partial charge in [0.05, 0.1) is 12.0 Å². The van der Waals surface area contributed by atoms with Gasteiger partial charge < -0.3 is 20.4 Å². The fraction of sp³-hybridized carbons (Fsp3) is 0.286. The van der Waals surface area contributed by atoms with E-state index in [9.17, 15) is 4.39 Å². The minimum absolute atomic E-state index is 0.282. The highest BCUT2D eigenvalue weighted by Gasteiger charge is 2.19. The third kappa shape index (κ3) is 4.19. The first-order valence-electron chi connectivity index (χ1n) is 10.3. The molecule has 0 saturated carbocycles. The molecular formula is C21H22ClFN8O. The van der Waals surface area contributed by atoms with Crippen molar-refractivity contribution in [1.29, 1.82) is 0 Å². The van der Waals surface area contributed by atoms with Crippen LogP contribution in [0.2, 0.25) is 5.02 Å². The molecule has 0 spiro atoms. The van der Waals surface area contributed by atoms with Crippen molar-refractivity contribution >= 4 is 34.7 Å². The molecule has 0 unspecified atom stereocenters. The van der Waals surface area contributed by atoms with E-state index in [2.05, 4.69) is 25.3 Å². The van der Waals surface area contributed by atoms with Crippen molar-refractivity contribution in [3.05, 3.63) is 53.5 Å². The average Bonchev–Trinajstić information content (AvgIpc) is 3.45. The lowest BCUT2D eigenvalue weighted by atomic mass is 10.2. The Bertz CT molecular complexity index is 1220. The van der Waals surface area contributed by atoms with E-state index in [1.807, 2.05) is 4.90 Å². The standard InChI is InChI=1S/C21H22ClFN8O/c22-14-3-4-16(15(23)12-14)30-9-7-29(8-10-30)6-5-25-19-13-18(24)31-21(26-19)27-20(28-31)17-2-1-11-32-17/h1-4,11-13H,5-10,24H2,(H,25,26,27,28). The summed E-state index contributed by atoms with van der Waals surface area (Å²) in [5.74, 6) is 2.17. The molecule has 166 valence electrons. The minimum Gasteiger partial charge on any atom is -0.461 e. The molecule has 0 amide bonds. The number of anilines is 3. The van der Waals surface area contributed by atoms with Gasteiger partial charge in [0.15, 0.2) is 5.76 Å². The van der Waals surface area contributed by atoms with Crippen LogP contribution in [0.5, 0.6) is 0 Å². The van der Waals surface area contributed by atoms with Crippen molar-refractivity contribution < 1.29 is 8.81 Å². The second-order valence-corrected chi connectivity index (χ2v) is 7.98. The number of aromatic nitrogens is 4. The summed E-state index contributed by atoms with van der Waals surface area (Å²) in [6.45, 7) is 4.71. The maximum Gasteiger partial charge on any atom is 0.256 e. The number of fused-ring (bicyclic) bond motifs is 1. The van der Waals surface area contributed by atoms with Crippen LogP contribution in [0.3, 0.4) is 0 Å². The number of piperazine rings is 1. The average molecular weight is 457 g/mol. The highest BCUT2D eigenvalue weighted by atomic mass is 35.5. The van der Waals surface area contributed by atoms with E-state index in [1.54, 1.807) is 36.6 Å². The molecule has 11 heteroatoms. The summed E-state index contributed by atoms with van der Waals surface area (Å²) < 4.78 is 21.0. The fourth-order valence-corrected chi connectivity index (χ4v) is 3.94. The zero-order chi connectivity index (χ0) is 22.1. The summed E-state index contributed by atoms with van der Waals surface area (Å²) in [7, 11) is 0. The lowest BCUT2D eigenvalue weighted by Gasteiger charge is -2.36. The van der Waals surface area contributed by atoms with Gasteiger partial charge in [0, 0.05) is 50.4 Å². The van der Waals surface area contributed by atoms with Gasteiger partial charge in [0.1, 0.15) is 17.5 Å². The van der Waals surface area contributed by atoms with Crippen molar-refractivity contribution in [1.82, 2.24) is 24.5 Å². The monoisotopic (exact) mass is 456 g/mol. The lowest BCUT2D eigenvalue weighted by Crippen LogP contribution is -2.47. The second-order valence-electron chi connectivity index (χ2n) is 7.54. The summed E-state index contributed by atoms with van der Waals surface area (Å²) >= 11 is 5.85. The summed E-state index contributed by atoms with van der Waals surface area (Å²) in [5, 5.41) is 8.05. The summed E-state index contributed by atoms with van der Waals surface area (Å²) in [5.41, 5.74) is 6.72. The molecule has 3 aromatic heterocycles. The first-order chi connectivity index (χ1) is 15.6. The number of hydrogen-bond acceptors (Lipinski definition) is 8.